The Kier molecular flexibility index (Phi) is 4.50. The minimum absolute atomic E-state index is 0.470. The zero-order chi connectivity index (χ0) is 13.1. The molecule has 0 saturated heterocycles. The fourth-order valence-electron chi connectivity index (χ4n) is 3.68. The molecule has 0 radical (unpaired) electrons. The van der Waals surface area contributed by atoms with Crippen LogP contribution in [0.1, 0.15) is 57.4 Å². The molecule has 1 aromatic heterocycles. The highest BCUT2D eigenvalue weighted by atomic mass is 16.3. The third-order valence-corrected chi connectivity index (χ3v) is 4.22. The second-order valence-corrected chi connectivity index (χ2v) is 6.20. The molecule has 2 nitrogen and oxygen atoms in total. The first-order valence-electron chi connectivity index (χ1n) is 7.38. The molecule has 3 unspecified atom stereocenters. The van der Waals surface area contributed by atoms with Crippen molar-refractivity contribution in [2.24, 2.45) is 17.8 Å². The molecule has 1 N–H and O–H groups in total. The van der Waals surface area contributed by atoms with Crippen LogP contribution in [0, 0.1) is 24.7 Å². The largest absolute Gasteiger partial charge is 0.469 e. The van der Waals surface area contributed by atoms with Crippen LogP contribution in [0.5, 0.6) is 0 Å². The van der Waals surface area contributed by atoms with Gasteiger partial charge in [0.15, 0.2) is 0 Å². The molecule has 0 amide bonds. The van der Waals surface area contributed by atoms with Gasteiger partial charge in [-0.2, -0.15) is 0 Å². The average Bonchev–Trinajstić information content (AvgIpc) is 2.71. The van der Waals surface area contributed by atoms with E-state index in [-0.39, 0.29) is 0 Å². The summed E-state index contributed by atoms with van der Waals surface area (Å²) >= 11 is 0. The topological polar surface area (TPSA) is 25.2 Å². The Morgan fingerprint density at radius 2 is 1.94 bits per heavy atom. The monoisotopic (exact) mass is 249 g/mol. The van der Waals surface area contributed by atoms with Crippen molar-refractivity contribution in [2.75, 3.05) is 6.54 Å². The summed E-state index contributed by atoms with van der Waals surface area (Å²) in [7, 11) is 0. The average molecular weight is 249 g/mol. The second-order valence-electron chi connectivity index (χ2n) is 6.20. The molecule has 18 heavy (non-hydrogen) atoms. The number of hydrogen-bond acceptors (Lipinski definition) is 2. The fourth-order valence-corrected chi connectivity index (χ4v) is 3.68. The van der Waals surface area contributed by atoms with Crippen LogP contribution in [-0.2, 0) is 0 Å². The summed E-state index contributed by atoms with van der Waals surface area (Å²) in [6.07, 6.45) is 6.00. The minimum atomic E-state index is 0.470. The van der Waals surface area contributed by atoms with E-state index in [0.717, 1.165) is 30.1 Å². The SMILES string of the molecule is CCNC(c1coc(C)c1)C1CC(C)CC(C)C1. The molecule has 0 aliphatic heterocycles. The molecule has 1 saturated carbocycles. The van der Waals surface area contributed by atoms with Crippen LogP contribution < -0.4 is 5.32 Å². The predicted molar refractivity (Wildman–Crippen MR) is 75.5 cm³/mol. The highest BCUT2D eigenvalue weighted by Gasteiger charge is 2.31. The highest BCUT2D eigenvalue weighted by molar-refractivity contribution is 5.17. The van der Waals surface area contributed by atoms with E-state index in [4.69, 9.17) is 4.42 Å². The van der Waals surface area contributed by atoms with Gasteiger partial charge in [0, 0.05) is 11.6 Å². The zero-order valence-corrected chi connectivity index (χ0v) is 12.2. The molecule has 0 aromatic carbocycles. The lowest BCUT2D eigenvalue weighted by molar-refractivity contribution is 0.177. The Morgan fingerprint density at radius 1 is 1.28 bits per heavy atom. The van der Waals surface area contributed by atoms with Crippen molar-refractivity contribution in [1.82, 2.24) is 5.32 Å². The van der Waals surface area contributed by atoms with E-state index < -0.39 is 0 Å². The van der Waals surface area contributed by atoms with Gasteiger partial charge in [-0.3, -0.25) is 0 Å². The summed E-state index contributed by atoms with van der Waals surface area (Å²) in [5.74, 6) is 3.48. The van der Waals surface area contributed by atoms with E-state index in [9.17, 15) is 0 Å². The number of nitrogens with one attached hydrogen (secondary N) is 1. The van der Waals surface area contributed by atoms with Crippen LogP contribution in [0.25, 0.3) is 0 Å². The zero-order valence-electron chi connectivity index (χ0n) is 12.2. The summed E-state index contributed by atoms with van der Waals surface area (Å²) < 4.78 is 5.50. The van der Waals surface area contributed by atoms with Crippen molar-refractivity contribution < 1.29 is 4.42 Å². The smallest absolute Gasteiger partial charge is 0.101 e. The number of furan rings is 1. The van der Waals surface area contributed by atoms with Gasteiger partial charge in [0.2, 0.25) is 0 Å². The Morgan fingerprint density at radius 3 is 2.44 bits per heavy atom. The second kappa shape index (κ2) is 5.92. The van der Waals surface area contributed by atoms with Gasteiger partial charge in [-0.25, -0.2) is 0 Å². The first kappa shape index (κ1) is 13.7. The molecule has 1 heterocycles. The van der Waals surface area contributed by atoms with Crippen molar-refractivity contribution in [3.05, 3.63) is 23.7 Å². The summed E-state index contributed by atoms with van der Waals surface area (Å²) in [5.41, 5.74) is 1.33. The number of hydrogen-bond donors (Lipinski definition) is 1. The van der Waals surface area contributed by atoms with Crippen molar-refractivity contribution in [3.8, 4) is 0 Å². The van der Waals surface area contributed by atoms with Gasteiger partial charge in [0.05, 0.1) is 6.26 Å². The fraction of sp³-hybridized carbons (Fsp3) is 0.750. The third-order valence-electron chi connectivity index (χ3n) is 4.22. The van der Waals surface area contributed by atoms with E-state index in [1.165, 1.54) is 24.8 Å². The van der Waals surface area contributed by atoms with E-state index in [0.29, 0.717) is 6.04 Å². The van der Waals surface area contributed by atoms with Crippen LogP contribution in [0.2, 0.25) is 0 Å². The Hall–Kier alpha value is -0.760. The molecule has 1 aliphatic rings. The van der Waals surface area contributed by atoms with Crippen LogP contribution in [0.4, 0.5) is 0 Å². The minimum Gasteiger partial charge on any atom is -0.469 e. The van der Waals surface area contributed by atoms with Gasteiger partial charge in [0.1, 0.15) is 5.76 Å². The van der Waals surface area contributed by atoms with Crippen LogP contribution >= 0.6 is 0 Å². The molecule has 2 rings (SSSR count). The van der Waals surface area contributed by atoms with Crippen molar-refractivity contribution in [1.29, 1.82) is 0 Å². The maximum atomic E-state index is 5.50. The summed E-state index contributed by atoms with van der Waals surface area (Å²) in [6, 6.07) is 2.66. The molecule has 102 valence electrons. The van der Waals surface area contributed by atoms with Gasteiger partial charge in [-0.15, -0.1) is 0 Å². The van der Waals surface area contributed by atoms with Gasteiger partial charge in [-0.05, 0) is 56.6 Å². The number of rotatable bonds is 4. The van der Waals surface area contributed by atoms with Gasteiger partial charge in [-0.1, -0.05) is 20.8 Å². The standard InChI is InChI=1S/C16H27NO/c1-5-17-16(15-9-13(4)18-10-15)14-7-11(2)6-12(3)8-14/h9-12,14,16-17H,5-8H2,1-4H3. The molecule has 1 aliphatic carbocycles. The van der Waals surface area contributed by atoms with Crippen LogP contribution in [0.3, 0.4) is 0 Å². The van der Waals surface area contributed by atoms with Crippen molar-refractivity contribution >= 4 is 0 Å². The lowest BCUT2D eigenvalue weighted by atomic mass is 9.72. The van der Waals surface area contributed by atoms with Crippen molar-refractivity contribution in [3.63, 3.8) is 0 Å². The number of aryl methyl sites for hydroxylation is 1. The molecule has 0 spiro atoms. The van der Waals surface area contributed by atoms with E-state index in [1.807, 2.05) is 13.2 Å². The normalized spacial score (nSPS) is 30.3. The maximum Gasteiger partial charge on any atom is 0.101 e. The van der Waals surface area contributed by atoms with E-state index in [2.05, 4.69) is 32.2 Å². The summed E-state index contributed by atoms with van der Waals surface area (Å²) in [4.78, 5) is 0. The first-order valence-corrected chi connectivity index (χ1v) is 7.38. The van der Waals surface area contributed by atoms with Gasteiger partial charge in [0.25, 0.3) is 0 Å². The third kappa shape index (κ3) is 3.17. The Bertz CT molecular complexity index is 361. The van der Waals surface area contributed by atoms with Gasteiger partial charge < -0.3 is 9.73 Å². The van der Waals surface area contributed by atoms with Gasteiger partial charge >= 0.3 is 0 Å². The van der Waals surface area contributed by atoms with Crippen molar-refractivity contribution in [2.45, 2.75) is 53.0 Å². The first-order chi connectivity index (χ1) is 8.60. The summed E-state index contributed by atoms with van der Waals surface area (Å²) in [5, 5.41) is 3.66. The molecular formula is C16H27NO. The molecule has 1 fully saturated rings. The predicted octanol–water partition coefficient (Wildman–Crippen LogP) is 4.31. The molecule has 3 atom stereocenters. The Balaban J connectivity index is 2.14. The summed E-state index contributed by atoms with van der Waals surface area (Å²) in [6.45, 7) is 10.0. The molecule has 0 bridgehead atoms. The lowest BCUT2D eigenvalue weighted by Gasteiger charge is -2.36. The molecule has 1 aromatic rings. The maximum absolute atomic E-state index is 5.50. The lowest BCUT2D eigenvalue weighted by Crippen LogP contribution is -2.33. The van der Waals surface area contributed by atoms with Crippen LogP contribution in [-0.4, -0.2) is 6.54 Å². The molecular weight excluding hydrogens is 222 g/mol. The van der Waals surface area contributed by atoms with E-state index in [1.54, 1.807) is 0 Å². The Labute approximate surface area is 111 Å². The highest BCUT2D eigenvalue weighted by Crippen LogP contribution is 2.40. The molecule has 2 heteroatoms. The quantitative estimate of drug-likeness (QED) is 0.860. The van der Waals surface area contributed by atoms with E-state index >= 15 is 0 Å². The van der Waals surface area contributed by atoms with Crippen LogP contribution in [0.15, 0.2) is 16.7 Å².